The SMILES string of the molecule is COc1cc(CN2C(=O)C(=O)c3cc(Br)cc(C)c32)ccc1OCCC(C)C. The maximum atomic E-state index is 12.6. The van der Waals surface area contributed by atoms with Crippen LogP contribution in [0.5, 0.6) is 11.5 Å². The van der Waals surface area contributed by atoms with Gasteiger partial charge in [0.05, 0.1) is 31.5 Å². The number of hydrogen-bond donors (Lipinski definition) is 0. The van der Waals surface area contributed by atoms with Gasteiger partial charge in [0.15, 0.2) is 11.5 Å². The van der Waals surface area contributed by atoms with Gasteiger partial charge in [-0.15, -0.1) is 0 Å². The lowest BCUT2D eigenvalue weighted by atomic mass is 10.1. The summed E-state index contributed by atoms with van der Waals surface area (Å²) < 4.78 is 12.1. The largest absolute Gasteiger partial charge is 0.493 e. The van der Waals surface area contributed by atoms with Crippen molar-refractivity contribution in [3.05, 3.63) is 51.5 Å². The Morgan fingerprint density at radius 1 is 1.11 bits per heavy atom. The van der Waals surface area contributed by atoms with Gasteiger partial charge in [0.2, 0.25) is 0 Å². The van der Waals surface area contributed by atoms with Crippen LogP contribution in [0, 0.1) is 12.8 Å². The van der Waals surface area contributed by atoms with Crippen molar-refractivity contribution in [3.8, 4) is 11.5 Å². The summed E-state index contributed by atoms with van der Waals surface area (Å²) in [4.78, 5) is 26.5. The van der Waals surface area contributed by atoms with Gasteiger partial charge in [-0.3, -0.25) is 9.59 Å². The Labute approximate surface area is 173 Å². The fourth-order valence-electron chi connectivity index (χ4n) is 3.27. The number of fused-ring (bicyclic) bond motifs is 1. The van der Waals surface area contributed by atoms with E-state index in [0.29, 0.717) is 41.8 Å². The summed E-state index contributed by atoms with van der Waals surface area (Å²) in [6.45, 7) is 7.11. The summed E-state index contributed by atoms with van der Waals surface area (Å²) in [5.74, 6) is 0.878. The second-order valence-corrected chi connectivity index (χ2v) is 8.27. The molecule has 0 aromatic heterocycles. The number of amides is 1. The first-order chi connectivity index (χ1) is 13.3. The summed E-state index contributed by atoms with van der Waals surface area (Å²) in [6.07, 6.45) is 0.959. The molecule has 0 saturated carbocycles. The number of ketones is 1. The highest BCUT2D eigenvalue weighted by atomic mass is 79.9. The van der Waals surface area contributed by atoms with Crippen LogP contribution in [0.3, 0.4) is 0 Å². The molecular formula is C22H24BrNO4. The van der Waals surface area contributed by atoms with Gasteiger partial charge in [-0.25, -0.2) is 0 Å². The van der Waals surface area contributed by atoms with Gasteiger partial charge < -0.3 is 14.4 Å². The topological polar surface area (TPSA) is 55.8 Å². The Morgan fingerprint density at radius 2 is 1.86 bits per heavy atom. The highest BCUT2D eigenvalue weighted by Gasteiger charge is 2.37. The van der Waals surface area contributed by atoms with Crippen molar-refractivity contribution in [1.29, 1.82) is 0 Å². The number of anilines is 1. The second kappa shape index (κ2) is 8.35. The molecule has 0 radical (unpaired) electrons. The molecular weight excluding hydrogens is 422 g/mol. The molecule has 0 aliphatic carbocycles. The molecule has 148 valence electrons. The number of Topliss-reactive ketones (excluding diaryl/α,β-unsaturated/α-hetero) is 1. The van der Waals surface area contributed by atoms with Crippen molar-refractivity contribution in [2.45, 2.75) is 33.7 Å². The first-order valence-corrected chi connectivity index (χ1v) is 10.1. The molecule has 0 N–H and O–H groups in total. The van der Waals surface area contributed by atoms with Gasteiger partial charge in [-0.1, -0.05) is 35.8 Å². The standard InChI is InChI=1S/C22H24BrNO4/c1-13(2)7-8-28-18-6-5-15(10-19(18)27-4)12-24-20-14(3)9-16(23)11-17(20)21(25)22(24)26/h5-6,9-11,13H,7-8,12H2,1-4H3. The molecule has 5 nitrogen and oxygen atoms in total. The summed E-state index contributed by atoms with van der Waals surface area (Å²) in [6, 6.07) is 9.22. The fourth-order valence-corrected chi connectivity index (χ4v) is 3.85. The lowest BCUT2D eigenvalue weighted by Crippen LogP contribution is -2.29. The van der Waals surface area contributed by atoms with Gasteiger partial charge >= 0.3 is 0 Å². The van der Waals surface area contributed by atoms with Crippen molar-refractivity contribution in [3.63, 3.8) is 0 Å². The predicted molar refractivity (Wildman–Crippen MR) is 112 cm³/mol. The van der Waals surface area contributed by atoms with E-state index in [1.807, 2.05) is 31.2 Å². The van der Waals surface area contributed by atoms with Gasteiger partial charge in [-0.2, -0.15) is 0 Å². The fraction of sp³-hybridized carbons (Fsp3) is 0.364. The number of ether oxygens (including phenoxy) is 2. The average molecular weight is 446 g/mol. The third-order valence-electron chi connectivity index (χ3n) is 4.74. The number of aryl methyl sites for hydroxylation is 1. The van der Waals surface area contributed by atoms with Crippen molar-refractivity contribution in [2.75, 3.05) is 18.6 Å². The van der Waals surface area contributed by atoms with E-state index < -0.39 is 11.7 Å². The van der Waals surface area contributed by atoms with E-state index in [1.165, 1.54) is 4.90 Å². The van der Waals surface area contributed by atoms with Crippen LogP contribution in [-0.2, 0) is 11.3 Å². The summed E-state index contributed by atoms with van der Waals surface area (Å²) in [5, 5.41) is 0. The van der Waals surface area contributed by atoms with E-state index in [0.717, 1.165) is 22.0 Å². The van der Waals surface area contributed by atoms with Crippen LogP contribution in [0.1, 0.15) is 41.8 Å². The van der Waals surface area contributed by atoms with Crippen LogP contribution in [0.25, 0.3) is 0 Å². The smallest absolute Gasteiger partial charge is 0.299 e. The Kier molecular flexibility index (Phi) is 6.08. The van der Waals surface area contributed by atoms with Crippen LogP contribution in [-0.4, -0.2) is 25.4 Å². The van der Waals surface area contributed by atoms with Gasteiger partial charge in [-0.05, 0) is 54.7 Å². The first kappa shape index (κ1) is 20.4. The monoisotopic (exact) mass is 445 g/mol. The summed E-state index contributed by atoms with van der Waals surface area (Å²) in [5.41, 5.74) is 2.86. The Hall–Kier alpha value is -2.34. The molecule has 2 aromatic carbocycles. The van der Waals surface area contributed by atoms with Crippen molar-refractivity contribution in [2.24, 2.45) is 5.92 Å². The second-order valence-electron chi connectivity index (χ2n) is 7.36. The molecule has 2 aromatic rings. The molecule has 0 unspecified atom stereocenters. The molecule has 1 aliphatic heterocycles. The molecule has 0 spiro atoms. The maximum absolute atomic E-state index is 12.6. The summed E-state index contributed by atoms with van der Waals surface area (Å²) >= 11 is 3.39. The zero-order valence-electron chi connectivity index (χ0n) is 16.5. The molecule has 1 amide bonds. The zero-order valence-corrected chi connectivity index (χ0v) is 18.1. The quantitative estimate of drug-likeness (QED) is 0.567. The number of halogens is 1. The third-order valence-corrected chi connectivity index (χ3v) is 5.20. The number of hydrogen-bond acceptors (Lipinski definition) is 4. The van der Waals surface area contributed by atoms with E-state index in [-0.39, 0.29) is 0 Å². The molecule has 0 fully saturated rings. The number of benzene rings is 2. The van der Waals surface area contributed by atoms with E-state index in [2.05, 4.69) is 29.8 Å². The van der Waals surface area contributed by atoms with E-state index in [1.54, 1.807) is 13.2 Å². The van der Waals surface area contributed by atoms with E-state index in [9.17, 15) is 9.59 Å². The molecule has 6 heteroatoms. The van der Waals surface area contributed by atoms with Crippen LogP contribution in [0.15, 0.2) is 34.8 Å². The van der Waals surface area contributed by atoms with Crippen molar-refractivity contribution >= 4 is 33.3 Å². The Bertz CT molecular complexity index is 923. The Balaban J connectivity index is 1.85. The van der Waals surface area contributed by atoms with Gasteiger partial charge in [0, 0.05) is 4.47 Å². The average Bonchev–Trinajstić information content (AvgIpc) is 2.87. The van der Waals surface area contributed by atoms with E-state index >= 15 is 0 Å². The van der Waals surface area contributed by atoms with Crippen molar-refractivity contribution < 1.29 is 19.1 Å². The van der Waals surface area contributed by atoms with Crippen molar-refractivity contribution in [1.82, 2.24) is 0 Å². The zero-order chi connectivity index (χ0) is 20.4. The highest BCUT2D eigenvalue weighted by Crippen LogP contribution is 2.37. The molecule has 3 rings (SSSR count). The number of methoxy groups -OCH3 is 1. The molecule has 0 bridgehead atoms. The number of carbonyl (C=O) groups excluding carboxylic acids is 2. The number of carbonyl (C=O) groups is 2. The summed E-state index contributed by atoms with van der Waals surface area (Å²) in [7, 11) is 1.59. The lowest BCUT2D eigenvalue weighted by Gasteiger charge is -2.20. The predicted octanol–water partition coefficient (Wildman–Crippen LogP) is 4.92. The molecule has 28 heavy (non-hydrogen) atoms. The molecule has 1 heterocycles. The normalized spacial score (nSPS) is 13.3. The third kappa shape index (κ3) is 4.07. The minimum atomic E-state index is -0.507. The Morgan fingerprint density at radius 3 is 2.54 bits per heavy atom. The highest BCUT2D eigenvalue weighted by molar-refractivity contribution is 9.10. The first-order valence-electron chi connectivity index (χ1n) is 9.28. The van der Waals surface area contributed by atoms with Gasteiger partial charge in [0.25, 0.3) is 11.7 Å². The molecule has 1 aliphatic rings. The van der Waals surface area contributed by atoms with Crippen LogP contribution < -0.4 is 14.4 Å². The maximum Gasteiger partial charge on any atom is 0.299 e. The number of nitrogens with zero attached hydrogens (tertiary/aromatic N) is 1. The van der Waals surface area contributed by atoms with Crippen LogP contribution >= 0.6 is 15.9 Å². The van der Waals surface area contributed by atoms with E-state index in [4.69, 9.17) is 9.47 Å². The molecule has 0 atom stereocenters. The lowest BCUT2D eigenvalue weighted by molar-refractivity contribution is -0.114. The molecule has 0 saturated heterocycles. The minimum Gasteiger partial charge on any atom is -0.493 e. The van der Waals surface area contributed by atoms with Gasteiger partial charge in [0.1, 0.15) is 0 Å². The van der Waals surface area contributed by atoms with Crippen LogP contribution in [0.2, 0.25) is 0 Å². The van der Waals surface area contributed by atoms with Crippen LogP contribution in [0.4, 0.5) is 5.69 Å². The minimum absolute atomic E-state index is 0.294. The number of rotatable bonds is 7.